The maximum atomic E-state index is 12.5. The van der Waals surface area contributed by atoms with Crippen LogP contribution in [-0.4, -0.2) is 23.2 Å². The summed E-state index contributed by atoms with van der Waals surface area (Å²) < 4.78 is 42.1. The Morgan fingerprint density at radius 3 is 2.58 bits per heavy atom. The van der Waals surface area contributed by atoms with Crippen LogP contribution in [0.25, 0.3) is 10.9 Å². The van der Waals surface area contributed by atoms with Gasteiger partial charge in [0.05, 0.1) is 18.2 Å². The number of alkyl halides is 3. The van der Waals surface area contributed by atoms with Gasteiger partial charge in [-0.15, -0.1) is 0 Å². The van der Waals surface area contributed by atoms with E-state index in [0.29, 0.717) is 6.20 Å². The highest BCUT2D eigenvalue weighted by Gasteiger charge is 2.31. The molecule has 0 radical (unpaired) electrons. The molecular formula is C12H8F3NO3. The van der Waals surface area contributed by atoms with E-state index >= 15 is 0 Å². The Hall–Kier alpha value is -2.31. The number of pyridine rings is 1. The highest BCUT2D eigenvalue weighted by atomic mass is 19.4. The zero-order valence-corrected chi connectivity index (χ0v) is 9.65. The molecule has 19 heavy (non-hydrogen) atoms. The zero-order chi connectivity index (χ0) is 14.2. The van der Waals surface area contributed by atoms with E-state index in [2.05, 4.69) is 9.72 Å². The number of carbonyl (C=O) groups excluding carboxylic acids is 1. The Kier molecular flexibility index (Phi) is 3.05. The van der Waals surface area contributed by atoms with E-state index in [1.165, 1.54) is 6.07 Å². The van der Waals surface area contributed by atoms with E-state index in [1.54, 1.807) is 0 Å². The lowest BCUT2D eigenvalue weighted by Gasteiger charge is -2.09. The van der Waals surface area contributed by atoms with Gasteiger partial charge in [-0.3, -0.25) is 4.98 Å². The van der Waals surface area contributed by atoms with Crippen molar-refractivity contribution in [3.05, 3.63) is 35.5 Å². The molecule has 0 spiro atoms. The monoisotopic (exact) mass is 271 g/mol. The van der Waals surface area contributed by atoms with E-state index in [9.17, 15) is 23.1 Å². The topological polar surface area (TPSA) is 59.4 Å². The summed E-state index contributed by atoms with van der Waals surface area (Å²) >= 11 is 0. The number of nitrogens with zero attached hydrogens (tertiary/aromatic N) is 1. The van der Waals surface area contributed by atoms with Gasteiger partial charge in [0, 0.05) is 11.6 Å². The van der Waals surface area contributed by atoms with Crippen molar-refractivity contribution in [3.63, 3.8) is 0 Å². The van der Waals surface area contributed by atoms with Crippen LogP contribution in [0.3, 0.4) is 0 Å². The Labute approximate surface area is 105 Å². The van der Waals surface area contributed by atoms with Crippen LogP contribution in [0.5, 0.6) is 5.75 Å². The minimum atomic E-state index is -4.54. The number of phenolic OH excluding ortho intramolecular Hbond substituents is 1. The van der Waals surface area contributed by atoms with Crippen LogP contribution in [0.4, 0.5) is 13.2 Å². The van der Waals surface area contributed by atoms with Crippen molar-refractivity contribution in [2.24, 2.45) is 0 Å². The second-order valence-corrected chi connectivity index (χ2v) is 3.78. The summed E-state index contributed by atoms with van der Waals surface area (Å²) in [5.74, 6) is -1.14. The van der Waals surface area contributed by atoms with Crippen LogP contribution in [0, 0.1) is 0 Å². The van der Waals surface area contributed by atoms with E-state index in [4.69, 9.17) is 0 Å². The third-order valence-corrected chi connectivity index (χ3v) is 2.51. The van der Waals surface area contributed by atoms with Gasteiger partial charge in [0.25, 0.3) is 0 Å². The van der Waals surface area contributed by atoms with Crippen LogP contribution < -0.4 is 0 Å². The van der Waals surface area contributed by atoms with Crippen LogP contribution >= 0.6 is 0 Å². The number of ether oxygens (including phenoxy) is 1. The maximum absolute atomic E-state index is 12.5. The Bertz CT molecular complexity index is 652. The van der Waals surface area contributed by atoms with Gasteiger partial charge in [0.1, 0.15) is 11.3 Å². The number of fused-ring (bicyclic) bond motifs is 1. The number of esters is 1. The molecule has 0 saturated heterocycles. The fourth-order valence-corrected chi connectivity index (χ4v) is 1.62. The van der Waals surface area contributed by atoms with Crippen LogP contribution in [0.2, 0.25) is 0 Å². The fourth-order valence-electron chi connectivity index (χ4n) is 1.62. The molecule has 1 aromatic carbocycles. The molecule has 1 N–H and O–H groups in total. The molecule has 0 fully saturated rings. The number of phenols is 1. The SMILES string of the molecule is COC(=O)c1cc(O)c2ncc(C(F)(F)F)cc2c1. The lowest BCUT2D eigenvalue weighted by molar-refractivity contribution is -0.137. The molecule has 2 rings (SSSR count). The molecule has 0 aliphatic carbocycles. The van der Waals surface area contributed by atoms with Crippen molar-refractivity contribution >= 4 is 16.9 Å². The standard InChI is InChI=1S/C12H8F3NO3/c1-19-11(18)7-2-6-3-8(12(13,14)15)5-16-10(6)9(17)4-7/h2-5,17H,1H3. The quantitative estimate of drug-likeness (QED) is 0.810. The summed E-state index contributed by atoms with van der Waals surface area (Å²) in [6.45, 7) is 0. The third-order valence-electron chi connectivity index (χ3n) is 2.51. The van der Waals surface area contributed by atoms with E-state index < -0.39 is 17.7 Å². The van der Waals surface area contributed by atoms with Crippen molar-refractivity contribution in [3.8, 4) is 5.75 Å². The summed E-state index contributed by atoms with van der Waals surface area (Å²) in [4.78, 5) is 14.9. The number of methoxy groups -OCH3 is 1. The van der Waals surface area contributed by atoms with E-state index in [-0.39, 0.29) is 22.2 Å². The molecule has 0 aliphatic rings. The molecule has 0 saturated carbocycles. The minimum absolute atomic E-state index is 0.00947. The highest BCUT2D eigenvalue weighted by Crippen LogP contribution is 2.33. The predicted molar refractivity (Wildman–Crippen MR) is 59.7 cm³/mol. The van der Waals surface area contributed by atoms with Crippen LogP contribution in [-0.2, 0) is 10.9 Å². The molecule has 100 valence electrons. The molecule has 1 heterocycles. The van der Waals surface area contributed by atoms with Crippen molar-refractivity contribution in [2.45, 2.75) is 6.18 Å². The van der Waals surface area contributed by atoms with Crippen molar-refractivity contribution < 1.29 is 27.8 Å². The second-order valence-electron chi connectivity index (χ2n) is 3.78. The van der Waals surface area contributed by atoms with Gasteiger partial charge >= 0.3 is 12.1 Å². The average molecular weight is 271 g/mol. The van der Waals surface area contributed by atoms with Crippen molar-refractivity contribution in [2.75, 3.05) is 7.11 Å². The van der Waals surface area contributed by atoms with Gasteiger partial charge in [-0.25, -0.2) is 4.79 Å². The summed E-state index contributed by atoms with van der Waals surface area (Å²) in [5.41, 5.74) is -1.02. The number of hydrogen-bond acceptors (Lipinski definition) is 4. The Morgan fingerprint density at radius 1 is 1.32 bits per heavy atom. The first-order valence-corrected chi connectivity index (χ1v) is 5.11. The fraction of sp³-hybridized carbons (Fsp3) is 0.167. The first-order valence-electron chi connectivity index (χ1n) is 5.11. The van der Waals surface area contributed by atoms with Crippen molar-refractivity contribution in [1.82, 2.24) is 4.98 Å². The van der Waals surface area contributed by atoms with E-state index in [1.807, 2.05) is 0 Å². The summed E-state index contributed by atoms with van der Waals surface area (Å²) in [7, 11) is 1.13. The molecule has 1 aromatic heterocycles. The normalized spacial score (nSPS) is 11.6. The van der Waals surface area contributed by atoms with Crippen molar-refractivity contribution in [1.29, 1.82) is 0 Å². The lowest BCUT2D eigenvalue weighted by atomic mass is 10.1. The first-order chi connectivity index (χ1) is 8.82. The minimum Gasteiger partial charge on any atom is -0.506 e. The number of aromatic hydroxyl groups is 1. The number of hydrogen-bond donors (Lipinski definition) is 1. The largest absolute Gasteiger partial charge is 0.506 e. The molecule has 4 nitrogen and oxygen atoms in total. The molecule has 0 aliphatic heterocycles. The molecule has 0 atom stereocenters. The molecular weight excluding hydrogens is 263 g/mol. The number of halogens is 3. The number of benzene rings is 1. The number of carbonyl (C=O) groups is 1. The van der Waals surface area contributed by atoms with Gasteiger partial charge in [0.2, 0.25) is 0 Å². The molecule has 7 heteroatoms. The van der Waals surface area contributed by atoms with Gasteiger partial charge in [-0.1, -0.05) is 0 Å². The Balaban J connectivity index is 2.66. The smallest absolute Gasteiger partial charge is 0.417 e. The first kappa shape index (κ1) is 13.1. The average Bonchev–Trinajstić information content (AvgIpc) is 2.36. The van der Waals surface area contributed by atoms with Gasteiger partial charge in [0.15, 0.2) is 0 Å². The zero-order valence-electron chi connectivity index (χ0n) is 9.65. The molecule has 0 unspecified atom stereocenters. The Morgan fingerprint density at radius 2 is 2.00 bits per heavy atom. The van der Waals surface area contributed by atoms with Crippen LogP contribution in [0.15, 0.2) is 24.4 Å². The predicted octanol–water partition coefficient (Wildman–Crippen LogP) is 2.75. The summed E-state index contributed by atoms with van der Waals surface area (Å²) in [6, 6.07) is 3.09. The second kappa shape index (κ2) is 4.42. The van der Waals surface area contributed by atoms with E-state index in [0.717, 1.165) is 19.2 Å². The number of rotatable bonds is 1. The van der Waals surface area contributed by atoms with Gasteiger partial charge in [-0.05, 0) is 18.2 Å². The molecule has 2 aromatic rings. The summed E-state index contributed by atoms with van der Waals surface area (Å²) in [5, 5.41) is 9.65. The maximum Gasteiger partial charge on any atom is 0.417 e. The third kappa shape index (κ3) is 2.44. The highest BCUT2D eigenvalue weighted by molar-refractivity contribution is 5.96. The van der Waals surface area contributed by atoms with Gasteiger partial charge in [-0.2, -0.15) is 13.2 Å². The molecule has 0 amide bonds. The molecule has 0 bridgehead atoms. The number of aromatic nitrogens is 1. The van der Waals surface area contributed by atoms with Gasteiger partial charge < -0.3 is 9.84 Å². The lowest BCUT2D eigenvalue weighted by Crippen LogP contribution is -2.06. The van der Waals surface area contributed by atoms with Crippen LogP contribution in [0.1, 0.15) is 15.9 Å². The summed E-state index contributed by atoms with van der Waals surface area (Å²) in [6.07, 6.45) is -3.92.